The molecule has 2 amide bonds. The Balaban J connectivity index is 1.31. The number of urea groups is 1. The van der Waals surface area contributed by atoms with E-state index in [9.17, 15) is 4.79 Å². The molecule has 1 N–H and O–H groups in total. The van der Waals surface area contributed by atoms with Gasteiger partial charge in [0.25, 0.3) is 0 Å². The average molecular weight is 392 g/mol. The minimum atomic E-state index is -0.162. The number of benzene rings is 2. The van der Waals surface area contributed by atoms with Gasteiger partial charge in [0, 0.05) is 19.0 Å². The number of furan rings is 1. The molecule has 5 heteroatoms. The maximum Gasteiger partial charge on any atom is 0.318 e. The average Bonchev–Trinajstić information content (AvgIpc) is 3.41. The first kappa shape index (κ1) is 19.4. The van der Waals surface area contributed by atoms with E-state index in [1.54, 1.807) is 11.9 Å². The largest absolute Gasteiger partial charge is 0.490 e. The lowest BCUT2D eigenvalue weighted by Gasteiger charge is -2.23. The molecule has 29 heavy (non-hydrogen) atoms. The normalized spacial score (nSPS) is 15.4. The molecule has 0 aliphatic heterocycles. The van der Waals surface area contributed by atoms with Crippen LogP contribution in [0.15, 0.2) is 59.0 Å². The number of ether oxygens (including phenoxy) is 1. The molecule has 1 fully saturated rings. The zero-order chi connectivity index (χ0) is 20.2. The van der Waals surface area contributed by atoms with Gasteiger partial charge in [-0.2, -0.15) is 0 Å². The van der Waals surface area contributed by atoms with Crippen molar-refractivity contribution in [1.29, 1.82) is 0 Å². The number of carbonyl (C=O) groups excluding carboxylic acids is 1. The summed E-state index contributed by atoms with van der Waals surface area (Å²) in [6.45, 7) is 2.44. The second kappa shape index (κ2) is 8.60. The predicted octanol–water partition coefficient (Wildman–Crippen LogP) is 5.66. The minimum Gasteiger partial charge on any atom is -0.490 e. The lowest BCUT2D eigenvalue weighted by atomic mass is 10.2. The third-order valence-electron chi connectivity index (χ3n) is 5.73. The minimum absolute atomic E-state index is 0.135. The Bertz CT molecular complexity index is 925. The molecule has 1 aliphatic rings. The van der Waals surface area contributed by atoms with Crippen molar-refractivity contribution in [3.8, 4) is 5.75 Å². The lowest BCUT2D eigenvalue weighted by Crippen LogP contribution is -2.38. The van der Waals surface area contributed by atoms with E-state index in [0.717, 1.165) is 40.9 Å². The monoisotopic (exact) mass is 392 g/mol. The van der Waals surface area contributed by atoms with Crippen molar-refractivity contribution in [2.24, 2.45) is 0 Å². The summed E-state index contributed by atoms with van der Waals surface area (Å²) in [6.07, 6.45) is 5.17. The van der Waals surface area contributed by atoms with Gasteiger partial charge in [0.2, 0.25) is 0 Å². The highest BCUT2D eigenvalue weighted by atomic mass is 16.5. The Labute approximate surface area is 171 Å². The maximum atomic E-state index is 12.6. The van der Waals surface area contributed by atoms with Gasteiger partial charge in [0.05, 0.1) is 12.1 Å². The molecule has 3 aromatic rings. The smallest absolute Gasteiger partial charge is 0.318 e. The molecule has 1 aliphatic carbocycles. The van der Waals surface area contributed by atoms with E-state index < -0.39 is 0 Å². The zero-order valence-corrected chi connectivity index (χ0v) is 17.1. The van der Waals surface area contributed by atoms with Crippen molar-refractivity contribution in [1.82, 2.24) is 10.2 Å². The number of hydrogen-bond acceptors (Lipinski definition) is 3. The van der Waals surface area contributed by atoms with Gasteiger partial charge in [-0.15, -0.1) is 0 Å². The Kier molecular flexibility index (Phi) is 5.74. The molecule has 1 saturated carbocycles. The van der Waals surface area contributed by atoms with Crippen molar-refractivity contribution in [3.63, 3.8) is 0 Å². The van der Waals surface area contributed by atoms with Gasteiger partial charge < -0.3 is 19.4 Å². The maximum absolute atomic E-state index is 12.6. The fraction of sp³-hybridized carbons (Fsp3) is 0.375. The van der Waals surface area contributed by atoms with Crippen LogP contribution in [0.5, 0.6) is 5.75 Å². The third kappa shape index (κ3) is 4.56. The van der Waals surface area contributed by atoms with Crippen LogP contribution < -0.4 is 10.1 Å². The summed E-state index contributed by atoms with van der Waals surface area (Å²) in [5.41, 5.74) is 1.88. The van der Waals surface area contributed by atoms with Crippen molar-refractivity contribution in [2.45, 2.75) is 51.3 Å². The topological polar surface area (TPSA) is 54.7 Å². The lowest BCUT2D eigenvalue weighted by molar-refractivity contribution is 0.187. The Hall–Kier alpha value is -2.95. The van der Waals surface area contributed by atoms with E-state index in [2.05, 4.69) is 5.32 Å². The molecule has 152 valence electrons. The molecule has 4 rings (SSSR count). The number of para-hydroxylation sites is 1. The summed E-state index contributed by atoms with van der Waals surface area (Å²) in [5.74, 6) is 1.68. The zero-order valence-electron chi connectivity index (χ0n) is 17.1. The van der Waals surface area contributed by atoms with E-state index in [1.807, 2.05) is 61.5 Å². The van der Waals surface area contributed by atoms with Gasteiger partial charge in [-0.25, -0.2) is 4.79 Å². The third-order valence-corrected chi connectivity index (χ3v) is 5.73. The Morgan fingerprint density at radius 2 is 1.90 bits per heavy atom. The van der Waals surface area contributed by atoms with Gasteiger partial charge in [-0.1, -0.05) is 30.3 Å². The van der Waals surface area contributed by atoms with Crippen LogP contribution in [0.1, 0.15) is 50.0 Å². The van der Waals surface area contributed by atoms with Crippen molar-refractivity contribution < 1.29 is 13.9 Å². The van der Waals surface area contributed by atoms with E-state index in [4.69, 9.17) is 9.15 Å². The number of fused-ring (bicyclic) bond motifs is 1. The molecule has 1 heterocycles. The Morgan fingerprint density at radius 3 is 2.62 bits per heavy atom. The Morgan fingerprint density at radius 1 is 1.17 bits per heavy atom. The van der Waals surface area contributed by atoms with Crippen LogP contribution in [0.2, 0.25) is 0 Å². The number of amides is 2. The van der Waals surface area contributed by atoms with Crippen LogP contribution in [0.3, 0.4) is 0 Å². The standard InChI is InChI=1S/C24H28N2O3/c1-17(23-15-19-7-3-6-10-22(19)29-23)26(2)24(27)25-16-18-11-13-21(14-12-18)28-20-8-4-5-9-20/h3,6-7,10-15,17,20H,4-5,8-9,16H2,1-2H3,(H,25,27). The highest BCUT2D eigenvalue weighted by Gasteiger charge is 2.21. The first-order chi connectivity index (χ1) is 14.1. The highest BCUT2D eigenvalue weighted by molar-refractivity contribution is 5.78. The molecule has 1 atom stereocenters. The number of nitrogens with zero attached hydrogens (tertiary/aromatic N) is 1. The number of rotatable bonds is 6. The SMILES string of the molecule is CC(c1cc2ccccc2o1)N(C)C(=O)NCc1ccc(OC2CCCC2)cc1. The molecule has 5 nitrogen and oxygen atoms in total. The summed E-state index contributed by atoms with van der Waals surface area (Å²) in [7, 11) is 1.78. The van der Waals surface area contributed by atoms with Crippen molar-refractivity contribution in [2.75, 3.05) is 7.05 Å². The first-order valence-corrected chi connectivity index (χ1v) is 10.3. The molecular weight excluding hydrogens is 364 g/mol. The first-order valence-electron chi connectivity index (χ1n) is 10.3. The summed E-state index contributed by atoms with van der Waals surface area (Å²) in [5, 5.41) is 4.02. The van der Waals surface area contributed by atoms with Crippen LogP contribution in [0, 0.1) is 0 Å². The van der Waals surface area contributed by atoms with Crippen LogP contribution in [-0.4, -0.2) is 24.1 Å². The van der Waals surface area contributed by atoms with E-state index in [0.29, 0.717) is 12.6 Å². The van der Waals surface area contributed by atoms with Gasteiger partial charge in [0.1, 0.15) is 17.1 Å². The summed E-state index contributed by atoms with van der Waals surface area (Å²) in [6, 6.07) is 17.6. The summed E-state index contributed by atoms with van der Waals surface area (Å²) in [4.78, 5) is 14.3. The number of hydrogen-bond donors (Lipinski definition) is 1. The second-order valence-corrected chi connectivity index (χ2v) is 7.80. The van der Waals surface area contributed by atoms with Crippen LogP contribution in [0.25, 0.3) is 11.0 Å². The summed E-state index contributed by atoms with van der Waals surface area (Å²) >= 11 is 0. The quantitative estimate of drug-likeness (QED) is 0.589. The molecule has 0 bridgehead atoms. The fourth-order valence-electron chi connectivity index (χ4n) is 3.76. The van der Waals surface area contributed by atoms with Crippen molar-refractivity contribution >= 4 is 17.0 Å². The van der Waals surface area contributed by atoms with E-state index in [-0.39, 0.29) is 12.1 Å². The molecule has 1 unspecified atom stereocenters. The van der Waals surface area contributed by atoms with E-state index >= 15 is 0 Å². The summed E-state index contributed by atoms with van der Waals surface area (Å²) < 4.78 is 11.9. The van der Waals surface area contributed by atoms with Crippen LogP contribution in [-0.2, 0) is 6.54 Å². The number of carbonyl (C=O) groups is 1. The highest BCUT2D eigenvalue weighted by Crippen LogP contribution is 2.27. The molecule has 2 aromatic carbocycles. The molecular formula is C24H28N2O3. The fourth-order valence-corrected chi connectivity index (χ4v) is 3.76. The van der Waals surface area contributed by atoms with Crippen molar-refractivity contribution in [3.05, 3.63) is 65.9 Å². The van der Waals surface area contributed by atoms with Gasteiger partial charge >= 0.3 is 6.03 Å². The van der Waals surface area contributed by atoms with Gasteiger partial charge in [-0.3, -0.25) is 0 Å². The molecule has 1 aromatic heterocycles. The van der Waals surface area contributed by atoms with Crippen LogP contribution >= 0.6 is 0 Å². The molecule has 0 saturated heterocycles. The second-order valence-electron chi connectivity index (χ2n) is 7.80. The molecule has 0 radical (unpaired) electrons. The van der Waals surface area contributed by atoms with Gasteiger partial charge in [-0.05, 0) is 62.4 Å². The molecule has 0 spiro atoms. The van der Waals surface area contributed by atoms with Gasteiger partial charge in [0.15, 0.2) is 0 Å². The van der Waals surface area contributed by atoms with E-state index in [1.165, 1.54) is 12.8 Å². The predicted molar refractivity (Wildman–Crippen MR) is 114 cm³/mol. The van der Waals surface area contributed by atoms with Crippen LogP contribution in [0.4, 0.5) is 4.79 Å². The number of nitrogens with one attached hydrogen (secondary N) is 1.